The smallest absolute Gasteiger partial charge is 0.346 e. The average molecular weight is 390 g/mol. The molecule has 0 aliphatic heterocycles. The Kier molecular flexibility index (Phi) is 6.82. The summed E-state index contributed by atoms with van der Waals surface area (Å²) in [7, 11) is -9.72. The van der Waals surface area contributed by atoms with Gasteiger partial charge in [-0.05, 0) is 62.3 Å². The van der Waals surface area contributed by atoms with Crippen molar-refractivity contribution in [2.45, 2.75) is 49.6 Å². The number of hydrogen-bond acceptors (Lipinski definition) is 4. The van der Waals surface area contributed by atoms with E-state index in [1.165, 1.54) is 0 Å². The Labute approximate surface area is 147 Å². The Morgan fingerprint density at radius 2 is 2.08 bits per heavy atom. The van der Waals surface area contributed by atoms with Crippen LogP contribution in [0.3, 0.4) is 0 Å². The molecule has 0 bridgehead atoms. The van der Waals surface area contributed by atoms with Gasteiger partial charge in [0.25, 0.3) is 10.1 Å². The van der Waals surface area contributed by atoms with Crippen LogP contribution in [0.1, 0.15) is 37.7 Å². The molecular formula is C16H23O7PS. The normalized spacial score (nSPS) is 19.6. The molecule has 2 rings (SSSR count). The van der Waals surface area contributed by atoms with E-state index in [4.69, 9.17) is 19.1 Å². The van der Waals surface area contributed by atoms with Gasteiger partial charge in [-0.2, -0.15) is 8.42 Å². The summed E-state index contributed by atoms with van der Waals surface area (Å²) >= 11 is 0. The van der Waals surface area contributed by atoms with Gasteiger partial charge in [-0.3, -0.25) is 9.12 Å². The van der Waals surface area contributed by atoms with E-state index in [1.54, 1.807) is 0 Å². The van der Waals surface area contributed by atoms with Crippen molar-refractivity contribution in [1.82, 2.24) is 0 Å². The number of allylic oxidation sites excluding steroid dienone is 1. The molecule has 0 amide bonds. The topological polar surface area (TPSA) is 121 Å². The summed E-state index contributed by atoms with van der Waals surface area (Å²) in [5, 5.41) is 0. The zero-order chi connectivity index (χ0) is 18.5. The first-order valence-corrected chi connectivity index (χ1v) is 11.3. The second-order valence-electron chi connectivity index (χ2n) is 6.11. The lowest BCUT2D eigenvalue weighted by molar-refractivity contribution is 0.229. The van der Waals surface area contributed by atoms with Crippen molar-refractivity contribution < 1.29 is 32.1 Å². The molecule has 0 spiro atoms. The minimum Gasteiger partial charge on any atom is -0.486 e. The highest BCUT2D eigenvalue weighted by Crippen LogP contribution is 2.46. The summed E-state index contributed by atoms with van der Waals surface area (Å²) in [6, 6.07) is 7.33. The van der Waals surface area contributed by atoms with Gasteiger partial charge in [0.05, 0.1) is 0 Å². The summed E-state index contributed by atoms with van der Waals surface area (Å²) in [5.41, 5.74) is 0.872. The second kappa shape index (κ2) is 8.47. The second-order valence-corrected chi connectivity index (χ2v) is 9.86. The Morgan fingerprint density at radius 1 is 1.32 bits per heavy atom. The molecule has 1 aromatic carbocycles. The fraction of sp³-hybridized carbons (Fsp3) is 0.500. The molecule has 9 heteroatoms. The van der Waals surface area contributed by atoms with Gasteiger partial charge in [0.2, 0.25) is 0 Å². The predicted molar refractivity (Wildman–Crippen MR) is 94.2 cm³/mol. The van der Waals surface area contributed by atoms with E-state index in [2.05, 4.69) is 6.08 Å². The minimum absolute atomic E-state index is 0.0440. The van der Waals surface area contributed by atoms with Crippen molar-refractivity contribution in [2.24, 2.45) is 0 Å². The molecule has 0 fully saturated rings. The molecular weight excluding hydrogens is 367 g/mol. The Morgan fingerprint density at radius 3 is 2.68 bits per heavy atom. The van der Waals surface area contributed by atoms with Crippen LogP contribution in [0.4, 0.5) is 0 Å². The third kappa shape index (κ3) is 6.56. The summed E-state index contributed by atoms with van der Waals surface area (Å²) in [6.45, 7) is 0. The molecule has 1 aliphatic rings. The lowest BCUT2D eigenvalue weighted by Gasteiger charge is -2.19. The van der Waals surface area contributed by atoms with Crippen molar-refractivity contribution in [2.75, 3.05) is 0 Å². The zero-order valence-electron chi connectivity index (χ0n) is 13.7. The quantitative estimate of drug-likeness (QED) is 0.354. The van der Waals surface area contributed by atoms with Crippen molar-refractivity contribution in [3.05, 3.63) is 42.0 Å². The Balaban J connectivity index is 1.94. The van der Waals surface area contributed by atoms with Crippen molar-refractivity contribution in [3.8, 4) is 5.75 Å². The first-order chi connectivity index (χ1) is 11.7. The molecule has 2 atom stereocenters. The van der Waals surface area contributed by atoms with Crippen LogP contribution in [0, 0.1) is 0 Å². The van der Waals surface area contributed by atoms with Crippen LogP contribution in [0.5, 0.6) is 5.75 Å². The maximum absolute atomic E-state index is 11.2. The molecule has 0 heterocycles. The maximum Gasteiger partial charge on any atom is 0.346 e. The standard InChI is InChI=1S/C16H23O7PS/c17-24(18,19)16(25(20,21)22)11-5-7-13-6-4-10-15(12-13)23-14-8-2-1-3-9-14/h2,4,6,8,10,12,14,16H,1,3,5,7,9,11H2,(H2,17,18,19)(H,20,21,22). The number of rotatable bonds is 8. The van der Waals surface area contributed by atoms with Gasteiger partial charge in [0, 0.05) is 0 Å². The Bertz CT molecular complexity index is 754. The molecule has 0 saturated heterocycles. The van der Waals surface area contributed by atoms with Crippen molar-refractivity contribution in [3.63, 3.8) is 0 Å². The van der Waals surface area contributed by atoms with Crippen LogP contribution >= 0.6 is 7.60 Å². The number of ether oxygens (including phenoxy) is 1. The van der Waals surface area contributed by atoms with E-state index in [0.717, 1.165) is 24.8 Å². The molecule has 1 aliphatic carbocycles. The highest BCUT2D eigenvalue weighted by atomic mass is 32.2. The van der Waals surface area contributed by atoms with Gasteiger partial charge in [-0.1, -0.05) is 18.2 Å². The average Bonchev–Trinajstić information content (AvgIpc) is 2.50. The van der Waals surface area contributed by atoms with E-state index in [1.807, 2.05) is 30.3 Å². The lowest BCUT2D eigenvalue weighted by Crippen LogP contribution is -2.20. The molecule has 0 saturated carbocycles. The Hall–Kier alpha value is -1.18. The van der Waals surface area contributed by atoms with Gasteiger partial charge in [0.1, 0.15) is 11.9 Å². The summed E-state index contributed by atoms with van der Waals surface area (Å²) < 4.78 is 48.4. The maximum atomic E-state index is 11.2. The predicted octanol–water partition coefficient (Wildman–Crippen LogP) is 2.89. The van der Waals surface area contributed by atoms with Gasteiger partial charge in [0.15, 0.2) is 4.99 Å². The van der Waals surface area contributed by atoms with E-state index in [0.29, 0.717) is 12.2 Å². The van der Waals surface area contributed by atoms with Gasteiger partial charge >= 0.3 is 7.60 Å². The first-order valence-electron chi connectivity index (χ1n) is 8.10. The van der Waals surface area contributed by atoms with Crippen LogP contribution in [0.2, 0.25) is 0 Å². The SMILES string of the molecule is O=P(O)(O)C(CCCc1cccc(OC2C=CCCC2)c1)S(=O)(=O)O. The fourth-order valence-corrected chi connectivity index (χ4v) is 5.17. The number of hydrogen-bond donors (Lipinski definition) is 3. The van der Waals surface area contributed by atoms with Crippen LogP contribution in [0.25, 0.3) is 0 Å². The molecule has 3 N–H and O–H groups in total. The zero-order valence-corrected chi connectivity index (χ0v) is 15.4. The molecule has 1 aromatic rings. The van der Waals surface area contributed by atoms with E-state index < -0.39 is 22.7 Å². The highest BCUT2D eigenvalue weighted by Gasteiger charge is 2.38. The fourth-order valence-electron chi connectivity index (χ4n) is 2.80. The third-order valence-corrected chi connectivity index (χ3v) is 7.59. The molecule has 0 radical (unpaired) electrons. The minimum atomic E-state index is -4.92. The van der Waals surface area contributed by atoms with Gasteiger partial charge in [-0.25, -0.2) is 0 Å². The van der Waals surface area contributed by atoms with Crippen LogP contribution in [-0.2, 0) is 21.1 Å². The van der Waals surface area contributed by atoms with Crippen LogP contribution in [-0.4, -0.2) is 33.9 Å². The van der Waals surface area contributed by atoms with E-state index >= 15 is 0 Å². The summed E-state index contributed by atoms with van der Waals surface area (Å²) in [6.07, 6.45) is 7.59. The van der Waals surface area contributed by atoms with E-state index in [-0.39, 0.29) is 18.9 Å². The van der Waals surface area contributed by atoms with Crippen LogP contribution < -0.4 is 4.74 Å². The van der Waals surface area contributed by atoms with Crippen molar-refractivity contribution in [1.29, 1.82) is 0 Å². The van der Waals surface area contributed by atoms with Crippen LogP contribution in [0.15, 0.2) is 36.4 Å². The monoisotopic (exact) mass is 390 g/mol. The summed E-state index contributed by atoms with van der Waals surface area (Å²) in [5.74, 6) is 0.704. The molecule has 25 heavy (non-hydrogen) atoms. The van der Waals surface area contributed by atoms with Crippen molar-refractivity contribution >= 4 is 17.7 Å². The summed E-state index contributed by atoms with van der Waals surface area (Å²) in [4.78, 5) is 16.1. The van der Waals surface area contributed by atoms with E-state index in [9.17, 15) is 13.0 Å². The number of benzene rings is 1. The lowest BCUT2D eigenvalue weighted by atomic mass is 10.1. The van der Waals surface area contributed by atoms with Gasteiger partial charge in [-0.15, -0.1) is 0 Å². The number of aryl methyl sites for hydroxylation is 1. The van der Waals surface area contributed by atoms with Gasteiger partial charge < -0.3 is 14.5 Å². The largest absolute Gasteiger partial charge is 0.486 e. The molecule has 7 nitrogen and oxygen atoms in total. The third-order valence-electron chi connectivity index (χ3n) is 4.03. The highest BCUT2D eigenvalue weighted by molar-refractivity contribution is 7.93. The first kappa shape index (κ1) is 20.1. The molecule has 140 valence electrons. The molecule has 0 aromatic heterocycles. The molecule has 2 unspecified atom stereocenters.